The Morgan fingerprint density at radius 2 is 1.46 bits per heavy atom. The van der Waals surface area contributed by atoms with Crippen molar-refractivity contribution in [3.05, 3.63) is 64.7 Å². The Hall–Kier alpha value is -3.28. The van der Waals surface area contributed by atoms with E-state index in [0.717, 1.165) is 0 Å². The average Bonchev–Trinajstić information content (AvgIpc) is 3.09. The van der Waals surface area contributed by atoms with Gasteiger partial charge < -0.3 is 10.0 Å². The molecule has 0 bridgehead atoms. The van der Waals surface area contributed by atoms with Crippen LogP contribution in [0, 0.1) is 0 Å². The van der Waals surface area contributed by atoms with E-state index in [-0.39, 0.29) is 61.0 Å². The summed E-state index contributed by atoms with van der Waals surface area (Å²) >= 11 is 5.82. The molecule has 1 fully saturated rings. The summed E-state index contributed by atoms with van der Waals surface area (Å²) in [6, 6.07) is 10.4. The van der Waals surface area contributed by atoms with Gasteiger partial charge >= 0.3 is 5.97 Å². The SMILES string of the molecule is O=C(O)[C@H](CCC(=O)N1CCN(S(=O)(=O)c2ccc(Cl)cc2)CC1)N1C(=O)c2ccccc2C1=O. The van der Waals surface area contributed by atoms with Gasteiger partial charge in [0.25, 0.3) is 11.8 Å². The molecule has 1 atom stereocenters. The first-order valence-corrected chi connectivity index (χ1v) is 12.7. The lowest BCUT2D eigenvalue weighted by molar-refractivity contribution is -0.142. The molecule has 35 heavy (non-hydrogen) atoms. The predicted molar refractivity (Wildman–Crippen MR) is 124 cm³/mol. The molecule has 2 heterocycles. The zero-order valence-electron chi connectivity index (χ0n) is 18.5. The maximum Gasteiger partial charge on any atom is 0.326 e. The Labute approximate surface area is 206 Å². The molecule has 0 spiro atoms. The number of aliphatic carboxylic acids is 1. The van der Waals surface area contributed by atoms with Gasteiger partial charge in [0.2, 0.25) is 15.9 Å². The molecule has 4 rings (SSSR count). The number of hydrogen-bond acceptors (Lipinski definition) is 6. The Balaban J connectivity index is 1.36. The van der Waals surface area contributed by atoms with Crippen LogP contribution >= 0.6 is 11.6 Å². The molecule has 12 heteroatoms. The van der Waals surface area contributed by atoms with Crippen molar-refractivity contribution in [3.8, 4) is 0 Å². The summed E-state index contributed by atoms with van der Waals surface area (Å²) in [6.07, 6.45) is -0.461. The second-order valence-electron chi connectivity index (χ2n) is 8.16. The molecular weight excluding hydrogens is 498 g/mol. The van der Waals surface area contributed by atoms with Crippen molar-refractivity contribution in [1.29, 1.82) is 0 Å². The number of hydrogen-bond donors (Lipinski definition) is 1. The lowest BCUT2D eigenvalue weighted by atomic mass is 10.1. The zero-order valence-corrected chi connectivity index (χ0v) is 20.0. The van der Waals surface area contributed by atoms with Gasteiger partial charge in [-0.25, -0.2) is 13.2 Å². The van der Waals surface area contributed by atoms with Crippen LogP contribution in [0.15, 0.2) is 53.4 Å². The molecule has 1 N–H and O–H groups in total. The highest BCUT2D eigenvalue weighted by Gasteiger charge is 2.43. The summed E-state index contributed by atoms with van der Waals surface area (Å²) in [5, 5.41) is 10.1. The first-order chi connectivity index (χ1) is 16.6. The second kappa shape index (κ2) is 9.76. The molecule has 1 saturated heterocycles. The monoisotopic (exact) mass is 519 g/mol. The van der Waals surface area contributed by atoms with E-state index in [2.05, 4.69) is 0 Å². The number of carbonyl (C=O) groups excluding carboxylic acids is 3. The molecule has 10 nitrogen and oxygen atoms in total. The maximum atomic E-state index is 12.8. The number of carbonyl (C=O) groups is 4. The van der Waals surface area contributed by atoms with Gasteiger partial charge in [0.1, 0.15) is 6.04 Å². The number of piperazine rings is 1. The van der Waals surface area contributed by atoms with Crippen molar-refractivity contribution >= 4 is 45.3 Å². The zero-order chi connectivity index (χ0) is 25.3. The van der Waals surface area contributed by atoms with Crippen molar-refractivity contribution in [2.45, 2.75) is 23.8 Å². The Bertz CT molecular complexity index is 1250. The van der Waals surface area contributed by atoms with Crippen LogP contribution in [0.5, 0.6) is 0 Å². The number of sulfonamides is 1. The largest absolute Gasteiger partial charge is 0.480 e. The van der Waals surface area contributed by atoms with E-state index < -0.39 is 33.8 Å². The minimum absolute atomic E-state index is 0.0808. The molecule has 2 aliphatic rings. The van der Waals surface area contributed by atoms with Crippen LogP contribution in [0.1, 0.15) is 33.6 Å². The quantitative estimate of drug-likeness (QED) is 0.550. The third kappa shape index (κ3) is 4.79. The minimum atomic E-state index is -3.74. The molecule has 0 aliphatic carbocycles. The third-order valence-corrected chi connectivity index (χ3v) is 8.26. The van der Waals surface area contributed by atoms with E-state index in [4.69, 9.17) is 11.6 Å². The van der Waals surface area contributed by atoms with Crippen molar-refractivity contribution in [2.75, 3.05) is 26.2 Å². The van der Waals surface area contributed by atoms with Gasteiger partial charge in [-0.15, -0.1) is 0 Å². The van der Waals surface area contributed by atoms with E-state index >= 15 is 0 Å². The Morgan fingerprint density at radius 3 is 1.97 bits per heavy atom. The van der Waals surface area contributed by atoms with Crippen LogP contribution in [0.4, 0.5) is 0 Å². The summed E-state index contributed by atoms with van der Waals surface area (Å²) in [5.74, 6) is -3.17. The van der Waals surface area contributed by atoms with Gasteiger partial charge in [-0.1, -0.05) is 23.7 Å². The fourth-order valence-electron chi connectivity index (χ4n) is 4.21. The predicted octanol–water partition coefficient (Wildman–Crippen LogP) is 1.70. The van der Waals surface area contributed by atoms with Crippen molar-refractivity contribution in [1.82, 2.24) is 14.1 Å². The van der Waals surface area contributed by atoms with Gasteiger partial charge in [-0.05, 0) is 42.8 Å². The lowest BCUT2D eigenvalue weighted by Gasteiger charge is -2.34. The molecular formula is C23H22ClN3O7S. The number of imide groups is 1. The molecule has 0 radical (unpaired) electrons. The van der Waals surface area contributed by atoms with Crippen LogP contribution in [-0.2, 0) is 19.6 Å². The fourth-order valence-corrected chi connectivity index (χ4v) is 5.75. The van der Waals surface area contributed by atoms with E-state index in [9.17, 15) is 32.7 Å². The number of rotatable bonds is 7. The first-order valence-electron chi connectivity index (χ1n) is 10.8. The van der Waals surface area contributed by atoms with E-state index in [1.54, 1.807) is 12.1 Å². The summed E-state index contributed by atoms with van der Waals surface area (Å²) in [5.41, 5.74) is 0.265. The standard InChI is InChI=1S/C23H22ClN3O7S/c24-15-5-7-16(8-6-15)35(33,34)26-13-11-25(12-14-26)20(28)10-9-19(23(31)32)27-21(29)17-3-1-2-4-18(17)22(27)30/h1-8,19H,9-14H2,(H,31,32)/t19-/m0/s1. The van der Waals surface area contributed by atoms with Gasteiger partial charge in [0.15, 0.2) is 0 Å². The number of carboxylic acids is 1. The summed E-state index contributed by atoms with van der Waals surface area (Å²) in [7, 11) is -3.74. The van der Waals surface area contributed by atoms with Crippen LogP contribution in [0.2, 0.25) is 5.02 Å². The van der Waals surface area contributed by atoms with E-state index in [1.807, 2.05) is 0 Å². The molecule has 2 aliphatic heterocycles. The van der Waals surface area contributed by atoms with Crippen LogP contribution < -0.4 is 0 Å². The van der Waals surface area contributed by atoms with Crippen LogP contribution in [0.25, 0.3) is 0 Å². The van der Waals surface area contributed by atoms with Gasteiger partial charge in [-0.3, -0.25) is 19.3 Å². The molecule has 0 aromatic heterocycles. The number of fused-ring (bicyclic) bond motifs is 1. The summed E-state index contributed by atoms with van der Waals surface area (Å²) in [4.78, 5) is 52.2. The number of nitrogens with zero attached hydrogens (tertiary/aromatic N) is 3. The number of amides is 3. The number of benzene rings is 2. The van der Waals surface area contributed by atoms with Gasteiger partial charge in [0.05, 0.1) is 16.0 Å². The Morgan fingerprint density at radius 1 is 0.914 bits per heavy atom. The van der Waals surface area contributed by atoms with Gasteiger partial charge in [0, 0.05) is 37.6 Å². The average molecular weight is 520 g/mol. The highest BCUT2D eigenvalue weighted by atomic mass is 35.5. The third-order valence-electron chi connectivity index (χ3n) is 6.10. The molecule has 3 amide bonds. The highest BCUT2D eigenvalue weighted by molar-refractivity contribution is 7.89. The normalized spacial score (nSPS) is 17.4. The molecule has 0 saturated carbocycles. The van der Waals surface area contributed by atoms with E-state index in [1.165, 1.54) is 45.6 Å². The maximum absolute atomic E-state index is 12.8. The van der Waals surface area contributed by atoms with Crippen LogP contribution in [-0.4, -0.2) is 83.5 Å². The van der Waals surface area contributed by atoms with Crippen molar-refractivity contribution in [3.63, 3.8) is 0 Å². The topological polar surface area (TPSA) is 132 Å². The number of halogens is 1. The summed E-state index contributed by atoms with van der Waals surface area (Å²) in [6.45, 7) is 0.432. The summed E-state index contributed by atoms with van der Waals surface area (Å²) < 4.78 is 26.9. The Kier molecular flexibility index (Phi) is 6.93. The minimum Gasteiger partial charge on any atom is -0.480 e. The molecule has 0 unspecified atom stereocenters. The van der Waals surface area contributed by atoms with Crippen molar-refractivity contribution in [2.24, 2.45) is 0 Å². The second-order valence-corrected chi connectivity index (χ2v) is 10.5. The first kappa shape index (κ1) is 24.8. The van der Waals surface area contributed by atoms with Gasteiger partial charge in [-0.2, -0.15) is 4.31 Å². The van der Waals surface area contributed by atoms with Crippen molar-refractivity contribution < 1.29 is 32.7 Å². The fraction of sp³-hybridized carbons (Fsp3) is 0.304. The number of carboxylic acid groups (broad SMARTS) is 1. The molecule has 184 valence electrons. The molecule has 2 aromatic rings. The van der Waals surface area contributed by atoms with E-state index in [0.29, 0.717) is 9.92 Å². The molecule has 2 aromatic carbocycles. The smallest absolute Gasteiger partial charge is 0.326 e. The van der Waals surface area contributed by atoms with Crippen LogP contribution in [0.3, 0.4) is 0 Å². The highest BCUT2D eigenvalue weighted by Crippen LogP contribution is 2.26. The lowest BCUT2D eigenvalue weighted by Crippen LogP contribution is -2.51.